The summed E-state index contributed by atoms with van der Waals surface area (Å²) in [6.07, 6.45) is 1.70. The smallest absolute Gasteiger partial charge is 0.274 e. The minimum Gasteiger partial charge on any atom is -0.497 e. The lowest BCUT2D eigenvalue weighted by atomic mass is 10.0. The fourth-order valence-corrected chi connectivity index (χ4v) is 7.68. The molecule has 212 valence electrons. The van der Waals surface area contributed by atoms with Crippen LogP contribution >= 0.6 is 0 Å². The SMILES string of the molecule is COc1ccc2c(c1)S(=O)(=O)Cc1c(C(=O)N3CCOCC3)nn([C@H]3CCCN(CCN4CC(F)(F)C4)C3)c1-2. The quantitative estimate of drug-likeness (QED) is 0.524. The Morgan fingerprint density at radius 1 is 1.15 bits per heavy atom. The first-order valence-electron chi connectivity index (χ1n) is 13.4. The summed E-state index contributed by atoms with van der Waals surface area (Å²) in [5, 5.41) is 4.83. The van der Waals surface area contributed by atoms with Gasteiger partial charge in [0, 0.05) is 43.9 Å². The molecule has 1 aromatic carbocycles. The van der Waals surface area contributed by atoms with Crippen LogP contribution in [-0.2, 0) is 20.3 Å². The second-order valence-corrected chi connectivity index (χ2v) is 12.8. The molecule has 4 aliphatic rings. The number of likely N-dealkylation sites (tertiary alicyclic amines) is 2. The zero-order chi connectivity index (χ0) is 27.4. The Balaban J connectivity index is 1.35. The van der Waals surface area contributed by atoms with Crippen molar-refractivity contribution in [3.05, 3.63) is 29.5 Å². The Morgan fingerprint density at radius 2 is 1.90 bits per heavy atom. The van der Waals surface area contributed by atoms with E-state index >= 15 is 0 Å². The summed E-state index contributed by atoms with van der Waals surface area (Å²) in [6, 6.07) is 4.90. The van der Waals surface area contributed by atoms with E-state index in [0.29, 0.717) is 68.5 Å². The first kappa shape index (κ1) is 26.6. The number of benzene rings is 1. The lowest BCUT2D eigenvalue weighted by molar-refractivity contribution is -0.131. The number of piperidine rings is 1. The molecule has 6 rings (SSSR count). The normalized spacial score (nSPS) is 24.5. The van der Waals surface area contributed by atoms with Gasteiger partial charge in [0.05, 0.1) is 55.8 Å². The van der Waals surface area contributed by atoms with Crippen molar-refractivity contribution in [3.63, 3.8) is 0 Å². The van der Waals surface area contributed by atoms with Crippen LogP contribution in [0.2, 0.25) is 0 Å². The number of aromatic nitrogens is 2. The van der Waals surface area contributed by atoms with E-state index in [1.165, 1.54) is 13.2 Å². The maximum Gasteiger partial charge on any atom is 0.274 e. The number of ether oxygens (including phenoxy) is 2. The average Bonchev–Trinajstić information content (AvgIpc) is 3.29. The summed E-state index contributed by atoms with van der Waals surface area (Å²) in [7, 11) is -2.24. The molecule has 0 N–H and O–H groups in total. The van der Waals surface area contributed by atoms with Crippen molar-refractivity contribution in [3.8, 4) is 17.0 Å². The van der Waals surface area contributed by atoms with Gasteiger partial charge in [-0.05, 0) is 37.6 Å². The topological polar surface area (TPSA) is 97.2 Å². The van der Waals surface area contributed by atoms with Crippen LogP contribution in [0.25, 0.3) is 11.3 Å². The van der Waals surface area contributed by atoms with E-state index in [1.807, 2.05) is 4.68 Å². The van der Waals surface area contributed by atoms with E-state index in [9.17, 15) is 22.0 Å². The molecule has 0 saturated carbocycles. The van der Waals surface area contributed by atoms with Gasteiger partial charge in [-0.3, -0.25) is 19.3 Å². The van der Waals surface area contributed by atoms with Crippen LogP contribution < -0.4 is 4.74 Å². The third-order valence-corrected chi connectivity index (χ3v) is 9.77. The van der Waals surface area contributed by atoms with Crippen LogP contribution in [0.15, 0.2) is 23.1 Å². The fraction of sp³-hybridized carbons (Fsp3) is 0.615. The monoisotopic (exact) mass is 565 g/mol. The van der Waals surface area contributed by atoms with Gasteiger partial charge in [0.2, 0.25) is 0 Å². The maximum absolute atomic E-state index is 13.6. The van der Waals surface area contributed by atoms with Gasteiger partial charge in [0.1, 0.15) is 5.75 Å². The largest absolute Gasteiger partial charge is 0.497 e. The Morgan fingerprint density at radius 3 is 2.62 bits per heavy atom. The van der Waals surface area contributed by atoms with Crippen LogP contribution in [0.4, 0.5) is 8.78 Å². The van der Waals surface area contributed by atoms with Crippen LogP contribution in [0.1, 0.15) is 34.9 Å². The molecule has 1 amide bonds. The van der Waals surface area contributed by atoms with Gasteiger partial charge < -0.3 is 14.4 Å². The van der Waals surface area contributed by atoms with Gasteiger partial charge in [0.15, 0.2) is 15.5 Å². The Kier molecular flexibility index (Phi) is 6.89. The number of alkyl halides is 2. The van der Waals surface area contributed by atoms with Gasteiger partial charge >= 0.3 is 0 Å². The van der Waals surface area contributed by atoms with Gasteiger partial charge in [-0.1, -0.05) is 0 Å². The molecule has 39 heavy (non-hydrogen) atoms. The van der Waals surface area contributed by atoms with Crippen molar-refractivity contribution in [2.75, 3.05) is 72.7 Å². The first-order valence-corrected chi connectivity index (χ1v) is 15.0. The molecule has 0 aliphatic carbocycles. The molecule has 1 aromatic heterocycles. The predicted molar refractivity (Wildman–Crippen MR) is 138 cm³/mol. The van der Waals surface area contributed by atoms with E-state index < -0.39 is 15.8 Å². The minimum absolute atomic E-state index is 0.0904. The number of hydrogen-bond acceptors (Lipinski definition) is 8. The summed E-state index contributed by atoms with van der Waals surface area (Å²) in [6.45, 7) is 4.04. The fourth-order valence-electron chi connectivity index (χ4n) is 6.08. The summed E-state index contributed by atoms with van der Waals surface area (Å²) in [4.78, 5) is 19.5. The number of morpholine rings is 1. The molecule has 1 atom stereocenters. The molecule has 0 unspecified atom stereocenters. The standard InChI is InChI=1S/C26H33F2N5O5S/c1-37-19-4-5-20-22(13-19)39(35,36)15-21-23(25(34)32-9-11-38-12-10-32)29-33(24(20)21)18-3-2-6-30(14-18)7-8-31-16-26(27,28)17-31/h4-5,13,18H,2-3,6-12,14-17H2,1H3/t18-/m0/s1. The van der Waals surface area contributed by atoms with Crippen molar-refractivity contribution < 1.29 is 31.5 Å². The molecule has 10 nitrogen and oxygen atoms in total. The van der Waals surface area contributed by atoms with E-state index in [-0.39, 0.29) is 41.4 Å². The highest BCUT2D eigenvalue weighted by Gasteiger charge is 2.44. The highest BCUT2D eigenvalue weighted by molar-refractivity contribution is 7.90. The first-order chi connectivity index (χ1) is 18.6. The molecule has 13 heteroatoms. The number of rotatable bonds is 6. The number of fused-ring (bicyclic) bond motifs is 3. The molecule has 0 radical (unpaired) electrons. The Labute approximate surface area is 226 Å². The minimum atomic E-state index is -3.73. The van der Waals surface area contributed by atoms with Gasteiger partial charge in [-0.2, -0.15) is 5.10 Å². The van der Waals surface area contributed by atoms with Crippen LogP contribution in [-0.4, -0.2) is 117 Å². The van der Waals surface area contributed by atoms with Crippen LogP contribution in [0, 0.1) is 0 Å². The van der Waals surface area contributed by atoms with Gasteiger partial charge in [0.25, 0.3) is 11.8 Å². The van der Waals surface area contributed by atoms with Gasteiger partial charge in [-0.25, -0.2) is 17.2 Å². The van der Waals surface area contributed by atoms with Crippen LogP contribution in [0.5, 0.6) is 5.75 Å². The van der Waals surface area contributed by atoms with Crippen molar-refractivity contribution in [2.45, 2.75) is 35.5 Å². The Bertz CT molecular complexity index is 1370. The summed E-state index contributed by atoms with van der Waals surface area (Å²) in [5.74, 6) is -2.74. The van der Waals surface area contributed by atoms with Crippen molar-refractivity contribution in [1.29, 1.82) is 0 Å². The molecule has 0 spiro atoms. The highest BCUT2D eigenvalue weighted by atomic mass is 32.2. The van der Waals surface area contributed by atoms with Crippen LogP contribution in [0.3, 0.4) is 0 Å². The molecule has 4 aliphatic heterocycles. The van der Waals surface area contributed by atoms with Gasteiger partial charge in [-0.15, -0.1) is 0 Å². The second-order valence-electron chi connectivity index (χ2n) is 10.8. The number of sulfone groups is 1. The molecule has 5 heterocycles. The third kappa shape index (κ3) is 5.05. The molecular formula is C26H33F2N5O5S. The molecule has 2 aromatic rings. The van der Waals surface area contributed by atoms with Crippen molar-refractivity contribution in [1.82, 2.24) is 24.5 Å². The molecule has 3 fully saturated rings. The molecular weight excluding hydrogens is 532 g/mol. The van der Waals surface area contributed by atoms with Crippen molar-refractivity contribution >= 4 is 15.7 Å². The zero-order valence-corrected chi connectivity index (χ0v) is 22.8. The average molecular weight is 566 g/mol. The number of carbonyl (C=O) groups is 1. The summed E-state index contributed by atoms with van der Waals surface area (Å²) >= 11 is 0. The Hall–Kier alpha value is -2.61. The zero-order valence-electron chi connectivity index (χ0n) is 21.9. The van der Waals surface area contributed by atoms with Crippen molar-refractivity contribution in [2.24, 2.45) is 0 Å². The number of amides is 1. The lowest BCUT2D eigenvalue weighted by Crippen LogP contribution is -2.57. The van der Waals surface area contributed by atoms with E-state index in [2.05, 4.69) is 4.90 Å². The second kappa shape index (κ2) is 10.1. The molecule has 0 bridgehead atoms. The maximum atomic E-state index is 13.6. The number of hydrogen-bond donors (Lipinski definition) is 0. The summed E-state index contributed by atoms with van der Waals surface area (Å²) < 4.78 is 65.9. The number of methoxy groups -OCH3 is 1. The number of carbonyl (C=O) groups excluding carboxylic acids is 1. The number of halogens is 2. The highest BCUT2D eigenvalue weighted by Crippen LogP contribution is 2.43. The third-order valence-electron chi connectivity index (χ3n) is 8.09. The summed E-state index contributed by atoms with van der Waals surface area (Å²) in [5.41, 5.74) is 1.79. The van der Waals surface area contributed by atoms with E-state index in [0.717, 1.165) is 19.4 Å². The molecule has 3 saturated heterocycles. The lowest BCUT2D eigenvalue weighted by Gasteiger charge is -2.41. The predicted octanol–water partition coefficient (Wildman–Crippen LogP) is 1.91. The number of nitrogens with zero attached hydrogens (tertiary/aromatic N) is 5. The van der Waals surface area contributed by atoms with E-state index in [4.69, 9.17) is 14.6 Å². The van der Waals surface area contributed by atoms with E-state index in [1.54, 1.807) is 21.9 Å².